The quantitative estimate of drug-likeness (QED) is 0.543. The third-order valence-electron chi connectivity index (χ3n) is 3.59. The van der Waals surface area contributed by atoms with E-state index in [1.54, 1.807) is 0 Å². The fourth-order valence-corrected chi connectivity index (χ4v) is 2.70. The standard InChI is InChI=1S/C15H26O2/c1-11(2)13(12(3)4)14(16)17-15(5)9-7-6-8-10-15/h11H,6-10H2,1-5H3. The molecule has 0 aromatic carbocycles. The van der Waals surface area contributed by atoms with Crippen LogP contribution in [0.2, 0.25) is 0 Å². The molecule has 1 aliphatic rings. The highest BCUT2D eigenvalue weighted by molar-refractivity contribution is 5.90. The Labute approximate surface area is 105 Å². The first-order valence-corrected chi connectivity index (χ1v) is 6.76. The van der Waals surface area contributed by atoms with Crippen molar-refractivity contribution in [2.24, 2.45) is 5.92 Å². The van der Waals surface area contributed by atoms with E-state index in [9.17, 15) is 4.79 Å². The molecule has 0 atom stereocenters. The summed E-state index contributed by atoms with van der Waals surface area (Å²) in [6.07, 6.45) is 5.64. The second kappa shape index (κ2) is 5.70. The van der Waals surface area contributed by atoms with E-state index in [0.717, 1.165) is 24.0 Å². The molecular weight excluding hydrogens is 212 g/mol. The summed E-state index contributed by atoms with van der Waals surface area (Å²) in [7, 11) is 0. The predicted octanol–water partition coefficient (Wildman–Crippen LogP) is 4.24. The van der Waals surface area contributed by atoms with Gasteiger partial charge in [0.05, 0.1) is 0 Å². The van der Waals surface area contributed by atoms with Crippen LogP contribution in [0.4, 0.5) is 0 Å². The number of ether oxygens (including phenoxy) is 1. The molecule has 17 heavy (non-hydrogen) atoms. The Balaban J connectivity index is 2.74. The number of esters is 1. The van der Waals surface area contributed by atoms with Crippen LogP contribution >= 0.6 is 0 Å². The van der Waals surface area contributed by atoms with Crippen LogP contribution in [0.25, 0.3) is 0 Å². The number of hydrogen-bond donors (Lipinski definition) is 0. The van der Waals surface area contributed by atoms with E-state index in [1.165, 1.54) is 19.3 Å². The van der Waals surface area contributed by atoms with Crippen LogP contribution in [-0.2, 0) is 9.53 Å². The van der Waals surface area contributed by atoms with Crippen molar-refractivity contribution in [3.8, 4) is 0 Å². The molecule has 0 aliphatic heterocycles. The van der Waals surface area contributed by atoms with Crippen molar-refractivity contribution in [1.82, 2.24) is 0 Å². The monoisotopic (exact) mass is 238 g/mol. The van der Waals surface area contributed by atoms with Crippen LogP contribution in [-0.4, -0.2) is 11.6 Å². The van der Waals surface area contributed by atoms with E-state index in [0.29, 0.717) is 0 Å². The lowest BCUT2D eigenvalue weighted by atomic mass is 9.86. The van der Waals surface area contributed by atoms with Crippen molar-refractivity contribution in [2.75, 3.05) is 0 Å². The molecule has 1 saturated carbocycles. The Hall–Kier alpha value is -0.790. The van der Waals surface area contributed by atoms with Gasteiger partial charge in [0.25, 0.3) is 0 Å². The van der Waals surface area contributed by atoms with E-state index in [2.05, 4.69) is 6.92 Å². The summed E-state index contributed by atoms with van der Waals surface area (Å²) in [5, 5.41) is 0. The van der Waals surface area contributed by atoms with Gasteiger partial charge in [-0.15, -0.1) is 0 Å². The van der Waals surface area contributed by atoms with Gasteiger partial charge >= 0.3 is 5.97 Å². The van der Waals surface area contributed by atoms with Crippen LogP contribution in [0, 0.1) is 5.92 Å². The van der Waals surface area contributed by atoms with Crippen molar-refractivity contribution in [3.63, 3.8) is 0 Å². The molecule has 2 nitrogen and oxygen atoms in total. The molecule has 1 fully saturated rings. The molecule has 0 amide bonds. The second-order valence-electron chi connectivity index (χ2n) is 5.97. The molecule has 0 N–H and O–H groups in total. The largest absolute Gasteiger partial charge is 0.456 e. The second-order valence-corrected chi connectivity index (χ2v) is 5.97. The summed E-state index contributed by atoms with van der Waals surface area (Å²) < 4.78 is 5.77. The van der Waals surface area contributed by atoms with Crippen LogP contribution in [0.15, 0.2) is 11.1 Å². The summed E-state index contributed by atoms with van der Waals surface area (Å²) in [5.41, 5.74) is 1.69. The fourth-order valence-electron chi connectivity index (χ4n) is 2.70. The van der Waals surface area contributed by atoms with Gasteiger partial charge in [-0.25, -0.2) is 4.79 Å². The topological polar surface area (TPSA) is 26.3 Å². The number of carbonyl (C=O) groups excluding carboxylic acids is 1. The van der Waals surface area contributed by atoms with Crippen LogP contribution in [0.3, 0.4) is 0 Å². The van der Waals surface area contributed by atoms with Gasteiger partial charge in [-0.2, -0.15) is 0 Å². The zero-order chi connectivity index (χ0) is 13.1. The number of allylic oxidation sites excluding steroid dienone is 1. The highest BCUT2D eigenvalue weighted by Gasteiger charge is 2.32. The molecule has 0 bridgehead atoms. The molecule has 0 radical (unpaired) electrons. The first-order valence-electron chi connectivity index (χ1n) is 6.76. The van der Waals surface area contributed by atoms with E-state index in [-0.39, 0.29) is 17.5 Å². The number of rotatable bonds is 3. The fraction of sp³-hybridized carbons (Fsp3) is 0.800. The molecule has 1 aliphatic carbocycles. The minimum absolute atomic E-state index is 0.107. The SMILES string of the molecule is CC(C)=C(C(=O)OC1(C)CCCCC1)C(C)C. The molecule has 0 aromatic heterocycles. The normalized spacial score (nSPS) is 18.9. The Morgan fingerprint density at radius 2 is 1.65 bits per heavy atom. The Morgan fingerprint density at radius 3 is 2.06 bits per heavy atom. The highest BCUT2D eigenvalue weighted by atomic mass is 16.6. The molecule has 0 unspecified atom stereocenters. The lowest BCUT2D eigenvalue weighted by Crippen LogP contribution is -2.35. The van der Waals surface area contributed by atoms with Crippen LogP contribution in [0.1, 0.15) is 66.7 Å². The number of hydrogen-bond acceptors (Lipinski definition) is 2. The third-order valence-corrected chi connectivity index (χ3v) is 3.59. The molecular formula is C15H26O2. The van der Waals surface area contributed by atoms with Gasteiger partial charge in [-0.05, 0) is 52.4 Å². The van der Waals surface area contributed by atoms with Gasteiger partial charge < -0.3 is 4.74 Å². The molecule has 0 saturated heterocycles. The van der Waals surface area contributed by atoms with Crippen molar-refractivity contribution >= 4 is 5.97 Å². The van der Waals surface area contributed by atoms with E-state index >= 15 is 0 Å². The highest BCUT2D eigenvalue weighted by Crippen LogP contribution is 2.32. The molecule has 98 valence electrons. The summed E-state index contributed by atoms with van der Waals surface area (Å²) in [6, 6.07) is 0. The summed E-state index contributed by atoms with van der Waals surface area (Å²) in [6.45, 7) is 10.1. The van der Waals surface area contributed by atoms with E-state index < -0.39 is 0 Å². The summed E-state index contributed by atoms with van der Waals surface area (Å²) in [5.74, 6) is 0.129. The minimum Gasteiger partial charge on any atom is -0.456 e. The third kappa shape index (κ3) is 3.86. The summed E-state index contributed by atoms with van der Waals surface area (Å²) in [4.78, 5) is 12.2. The van der Waals surface area contributed by atoms with Gasteiger partial charge in [0.1, 0.15) is 5.60 Å². The first kappa shape index (κ1) is 14.3. The van der Waals surface area contributed by atoms with Gasteiger partial charge in [-0.3, -0.25) is 0 Å². The molecule has 1 rings (SSSR count). The smallest absolute Gasteiger partial charge is 0.334 e. The zero-order valence-corrected chi connectivity index (χ0v) is 11.9. The predicted molar refractivity (Wildman–Crippen MR) is 70.8 cm³/mol. The Kier molecular flexibility index (Phi) is 4.79. The van der Waals surface area contributed by atoms with Crippen LogP contribution in [0.5, 0.6) is 0 Å². The van der Waals surface area contributed by atoms with Crippen molar-refractivity contribution in [3.05, 3.63) is 11.1 Å². The lowest BCUT2D eigenvalue weighted by Gasteiger charge is -2.34. The average Bonchev–Trinajstić information content (AvgIpc) is 2.15. The molecule has 0 heterocycles. The lowest BCUT2D eigenvalue weighted by molar-refractivity contribution is -0.156. The maximum Gasteiger partial charge on any atom is 0.334 e. The van der Waals surface area contributed by atoms with Crippen molar-refractivity contribution < 1.29 is 9.53 Å². The van der Waals surface area contributed by atoms with Crippen molar-refractivity contribution in [2.45, 2.75) is 72.3 Å². The molecule has 0 spiro atoms. The Bertz CT molecular complexity index is 303. The maximum atomic E-state index is 12.2. The Morgan fingerprint density at radius 1 is 1.12 bits per heavy atom. The number of carbonyl (C=O) groups is 1. The van der Waals surface area contributed by atoms with Gasteiger partial charge in [0, 0.05) is 5.57 Å². The maximum absolute atomic E-state index is 12.2. The van der Waals surface area contributed by atoms with Gasteiger partial charge in [-0.1, -0.05) is 25.8 Å². The average molecular weight is 238 g/mol. The first-order chi connectivity index (χ1) is 7.86. The van der Waals surface area contributed by atoms with E-state index in [1.807, 2.05) is 27.7 Å². The minimum atomic E-state index is -0.231. The molecule has 2 heteroatoms. The van der Waals surface area contributed by atoms with Crippen LogP contribution < -0.4 is 0 Å². The summed E-state index contributed by atoms with van der Waals surface area (Å²) >= 11 is 0. The van der Waals surface area contributed by atoms with E-state index in [4.69, 9.17) is 4.74 Å². The van der Waals surface area contributed by atoms with Crippen molar-refractivity contribution in [1.29, 1.82) is 0 Å². The van der Waals surface area contributed by atoms with Gasteiger partial charge in [0.2, 0.25) is 0 Å². The zero-order valence-electron chi connectivity index (χ0n) is 11.9. The van der Waals surface area contributed by atoms with Gasteiger partial charge in [0.15, 0.2) is 0 Å². The molecule has 0 aromatic rings.